The summed E-state index contributed by atoms with van der Waals surface area (Å²) < 4.78 is 10.9. The Balaban J connectivity index is 0.00000544. The van der Waals surface area contributed by atoms with Gasteiger partial charge in [-0.05, 0) is 68.5 Å². The van der Waals surface area contributed by atoms with Crippen molar-refractivity contribution in [2.75, 3.05) is 40.0 Å². The second-order valence-corrected chi connectivity index (χ2v) is 9.33. The summed E-state index contributed by atoms with van der Waals surface area (Å²) in [6.07, 6.45) is 4.43. The van der Waals surface area contributed by atoms with Crippen LogP contribution in [-0.4, -0.2) is 63.1 Å². The third kappa shape index (κ3) is 12.6. The Kier molecular flexibility index (Phi) is 17.6. The molecule has 0 heterocycles. The molecule has 1 aromatic carbocycles. The van der Waals surface area contributed by atoms with Gasteiger partial charge in [0.25, 0.3) is 5.91 Å². The Labute approximate surface area is 217 Å². The normalized spacial score (nSPS) is 15.6. The standard InChI is InChI=1S/C25H43N3O4.2ClH/c1-18(2)20(14-22(26)23(29)17-27-15-19-10-11-19)16-28-25(30)21-8-4-5-9-24(21)32-13-7-6-12-31-3;;/h4-5,8-9,18-20,22-23,27,29H,6-7,10-17,26H2,1-3H3,(H,28,30);2*1H/t20-,22+,23+;;/m1../s1. The van der Waals surface area contributed by atoms with E-state index >= 15 is 0 Å². The Hall–Kier alpha value is -1.09. The number of halogens is 2. The van der Waals surface area contributed by atoms with E-state index in [2.05, 4.69) is 24.5 Å². The van der Waals surface area contributed by atoms with Crippen LogP contribution in [0.5, 0.6) is 5.75 Å². The SMILES string of the molecule is COCCCCOc1ccccc1C(=O)NC[C@@H](C[C@H](N)[C@@H](O)CNCC1CC1)C(C)C.Cl.Cl. The number of hydrogen-bond acceptors (Lipinski definition) is 6. The number of ether oxygens (including phenoxy) is 2. The number of hydrogen-bond donors (Lipinski definition) is 4. The Morgan fingerprint density at radius 2 is 1.82 bits per heavy atom. The number of rotatable bonds is 17. The summed E-state index contributed by atoms with van der Waals surface area (Å²) in [5.41, 5.74) is 6.83. The average Bonchev–Trinajstić information content (AvgIpc) is 3.60. The van der Waals surface area contributed by atoms with Crippen LogP contribution in [-0.2, 0) is 4.74 Å². The number of aliphatic hydroxyl groups is 1. The van der Waals surface area contributed by atoms with Gasteiger partial charge in [-0.3, -0.25) is 4.79 Å². The number of methoxy groups -OCH3 is 1. The van der Waals surface area contributed by atoms with Crippen LogP contribution in [0.2, 0.25) is 0 Å². The van der Waals surface area contributed by atoms with Gasteiger partial charge in [0.05, 0.1) is 18.3 Å². The van der Waals surface area contributed by atoms with Crippen LogP contribution in [0.15, 0.2) is 24.3 Å². The summed E-state index contributed by atoms with van der Waals surface area (Å²) in [7, 11) is 1.69. The van der Waals surface area contributed by atoms with E-state index in [1.165, 1.54) is 12.8 Å². The van der Waals surface area contributed by atoms with Crippen LogP contribution in [0.25, 0.3) is 0 Å². The van der Waals surface area contributed by atoms with E-state index < -0.39 is 6.10 Å². The minimum absolute atomic E-state index is 0. The first-order valence-corrected chi connectivity index (χ1v) is 12.1. The monoisotopic (exact) mass is 521 g/mol. The van der Waals surface area contributed by atoms with Crippen molar-refractivity contribution >= 4 is 30.7 Å². The van der Waals surface area contributed by atoms with E-state index in [-0.39, 0.29) is 42.7 Å². The maximum absolute atomic E-state index is 12.9. The molecule has 34 heavy (non-hydrogen) atoms. The molecule has 0 aromatic heterocycles. The van der Waals surface area contributed by atoms with Crippen molar-refractivity contribution in [2.45, 2.75) is 58.1 Å². The predicted octanol–water partition coefficient (Wildman–Crippen LogP) is 3.42. The second-order valence-electron chi connectivity index (χ2n) is 9.33. The van der Waals surface area contributed by atoms with Crippen LogP contribution in [0, 0.1) is 17.8 Å². The second kappa shape index (κ2) is 18.2. The molecule has 1 amide bonds. The van der Waals surface area contributed by atoms with Gasteiger partial charge in [0, 0.05) is 32.8 Å². The third-order valence-corrected chi connectivity index (χ3v) is 6.15. The van der Waals surface area contributed by atoms with Gasteiger partial charge in [-0.1, -0.05) is 26.0 Å². The molecule has 1 saturated carbocycles. The van der Waals surface area contributed by atoms with Gasteiger partial charge in [0.2, 0.25) is 0 Å². The van der Waals surface area contributed by atoms with Gasteiger partial charge in [-0.15, -0.1) is 24.8 Å². The third-order valence-electron chi connectivity index (χ3n) is 6.15. The van der Waals surface area contributed by atoms with Gasteiger partial charge in [0.1, 0.15) is 5.75 Å². The van der Waals surface area contributed by atoms with Gasteiger partial charge in [-0.25, -0.2) is 0 Å². The molecule has 1 aromatic rings. The number of carbonyl (C=O) groups excluding carboxylic acids is 1. The number of para-hydroxylation sites is 1. The first-order valence-electron chi connectivity index (χ1n) is 12.1. The minimum Gasteiger partial charge on any atom is -0.493 e. The highest BCUT2D eigenvalue weighted by molar-refractivity contribution is 5.96. The lowest BCUT2D eigenvalue weighted by Gasteiger charge is -2.27. The number of carbonyl (C=O) groups is 1. The molecule has 5 N–H and O–H groups in total. The molecule has 1 aliphatic rings. The van der Waals surface area contributed by atoms with Gasteiger partial charge < -0.3 is 30.9 Å². The molecule has 7 nitrogen and oxygen atoms in total. The molecule has 0 spiro atoms. The predicted molar refractivity (Wildman–Crippen MR) is 142 cm³/mol. The Bertz CT molecular complexity index is 677. The fourth-order valence-electron chi connectivity index (χ4n) is 3.64. The van der Waals surface area contributed by atoms with Crippen LogP contribution < -0.4 is 21.1 Å². The lowest BCUT2D eigenvalue weighted by molar-refractivity contribution is 0.0927. The van der Waals surface area contributed by atoms with Crippen LogP contribution in [0.1, 0.15) is 56.3 Å². The van der Waals surface area contributed by atoms with E-state index in [1.807, 2.05) is 18.2 Å². The smallest absolute Gasteiger partial charge is 0.255 e. The van der Waals surface area contributed by atoms with Crippen molar-refractivity contribution < 1.29 is 19.4 Å². The maximum atomic E-state index is 12.9. The summed E-state index contributed by atoms with van der Waals surface area (Å²) in [4.78, 5) is 12.9. The van der Waals surface area contributed by atoms with E-state index in [0.29, 0.717) is 50.0 Å². The molecule has 0 aliphatic heterocycles. The first-order chi connectivity index (χ1) is 15.4. The van der Waals surface area contributed by atoms with Crippen LogP contribution >= 0.6 is 24.8 Å². The minimum atomic E-state index is -0.585. The van der Waals surface area contributed by atoms with Crippen LogP contribution in [0.3, 0.4) is 0 Å². The molecule has 0 unspecified atom stereocenters. The number of nitrogens with one attached hydrogen (secondary N) is 2. The quantitative estimate of drug-likeness (QED) is 0.234. The number of nitrogens with two attached hydrogens (primary N) is 1. The molecule has 0 saturated heterocycles. The zero-order chi connectivity index (χ0) is 23.3. The molecule has 9 heteroatoms. The largest absolute Gasteiger partial charge is 0.493 e. The highest BCUT2D eigenvalue weighted by Crippen LogP contribution is 2.27. The lowest BCUT2D eigenvalue weighted by atomic mass is 9.87. The molecule has 198 valence electrons. The fraction of sp³-hybridized carbons (Fsp3) is 0.720. The molecule has 0 radical (unpaired) electrons. The number of benzene rings is 1. The van der Waals surface area contributed by atoms with Gasteiger partial charge in [-0.2, -0.15) is 0 Å². The zero-order valence-corrected chi connectivity index (χ0v) is 22.5. The number of unbranched alkanes of at least 4 members (excludes halogenated alkanes) is 1. The summed E-state index contributed by atoms with van der Waals surface area (Å²) in [6.45, 7) is 7.48. The summed E-state index contributed by atoms with van der Waals surface area (Å²) >= 11 is 0. The summed E-state index contributed by atoms with van der Waals surface area (Å²) in [5, 5.41) is 16.8. The molecule has 0 bridgehead atoms. The number of amides is 1. The molecule has 1 aliphatic carbocycles. The Morgan fingerprint density at radius 1 is 1.15 bits per heavy atom. The number of aliphatic hydroxyl groups excluding tert-OH is 1. The fourth-order valence-corrected chi connectivity index (χ4v) is 3.64. The van der Waals surface area contributed by atoms with Crippen molar-refractivity contribution in [3.8, 4) is 5.75 Å². The van der Waals surface area contributed by atoms with E-state index in [4.69, 9.17) is 15.2 Å². The van der Waals surface area contributed by atoms with Crippen molar-refractivity contribution in [2.24, 2.45) is 23.5 Å². The molecular formula is C25H45Cl2N3O4. The van der Waals surface area contributed by atoms with Gasteiger partial charge >= 0.3 is 0 Å². The highest BCUT2D eigenvalue weighted by Gasteiger charge is 2.25. The molecule has 3 atom stereocenters. The van der Waals surface area contributed by atoms with E-state index in [9.17, 15) is 9.90 Å². The highest BCUT2D eigenvalue weighted by atomic mass is 35.5. The van der Waals surface area contributed by atoms with E-state index in [1.54, 1.807) is 13.2 Å². The van der Waals surface area contributed by atoms with Crippen molar-refractivity contribution in [1.29, 1.82) is 0 Å². The van der Waals surface area contributed by atoms with Crippen molar-refractivity contribution in [1.82, 2.24) is 10.6 Å². The Morgan fingerprint density at radius 3 is 2.47 bits per heavy atom. The summed E-state index contributed by atoms with van der Waals surface area (Å²) in [6, 6.07) is 6.99. The molecule has 1 fully saturated rings. The first kappa shape index (κ1) is 32.9. The molecular weight excluding hydrogens is 477 g/mol. The van der Waals surface area contributed by atoms with Crippen molar-refractivity contribution in [3.63, 3.8) is 0 Å². The van der Waals surface area contributed by atoms with Crippen molar-refractivity contribution in [3.05, 3.63) is 29.8 Å². The maximum Gasteiger partial charge on any atom is 0.255 e. The molecule has 2 rings (SSSR count). The lowest BCUT2D eigenvalue weighted by Crippen LogP contribution is -2.45. The zero-order valence-electron chi connectivity index (χ0n) is 20.8. The average molecular weight is 523 g/mol. The van der Waals surface area contributed by atoms with Crippen LogP contribution in [0.4, 0.5) is 0 Å². The van der Waals surface area contributed by atoms with Gasteiger partial charge in [0.15, 0.2) is 0 Å². The van der Waals surface area contributed by atoms with E-state index in [0.717, 1.165) is 25.3 Å². The summed E-state index contributed by atoms with van der Waals surface area (Å²) in [5.74, 6) is 1.73. The topological polar surface area (TPSA) is 106 Å².